The third-order valence-electron chi connectivity index (χ3n) is 3.83. The highest BCUT2D eigenvalue weighted by Gasteiger charge is 2.30. The Balaban J connectivity index is 1.47. The van der Waals surface area contributed by atoms with Crippen LogP contribution in [0, 0.1) is 11.3 Å². The van der Waals surface area contributed by atoms with Gasteiger partial charge >= 0.3 is 0 Å². The second kappa shape index (κ2) is 4.84. The molecule has 15 heavy (non-hydrogen) atoms. The van der Waals surface area contributed by atoms with E-state index in [2.05, 4.69) is 24.5 Å². The maximum Gasteiger partial charge on any atom is 0.00793 e. The lowest BCUT2D eigenvalue weighted by Gasteiger charge is -2.18. The van der Waals surface area contributed by atoms with Crippen LogP contribution in [0.1, 0.15) is 46.0 Å². The zero-order valence-corrected chi connectivity index (χ0v) is 10.3. The molecule has 0 aromatic rings. The highest BCUT2D eigenvalue weighted by Crippen LogP contribution is 2.36. The monoisotopic (exact) mass is 210 g/mol. The van der Waals surface area contributed by atoms with E-state index in [9.17, 15) is 0 Å². The van der Waals surface area contributed by atoms with Gasteiger partial charge < -0.3 is 10.6 Å². The van der Waals surface area contributed by atoms with Crippen molar-refractivity contribution in [3.05, 3.63) is 0 Å². The van der Waals surface area contributed by atoms with E-state index in [1.807, 2.05) is 0 Å². The highest BCUT2D eigenvalue weighted by molar-refractivity contribution is 4.86. The summed E-state index contributed by atoms with van der Waals surface area (Å²) in [6.45, 7) is 8.32. The van der Waals surface area contributed by atoms with Crippen molar-refractivity contribution < 1.29 is 0 Å². The van der Waals surface area contributed by atoms with Crippen LogP contribution >= 0.6 is 0 Å². The van der Waals surface area contributed by atoms with Crippen molar-refractivity contribution in [2.24, 2.45) is 11.3 Å². The Hall–Kier alpha value is -0.0800. The molecule has 1 unspecified atom stereocenters. The first-order valence-electron chi connectivity index (χ1n) is 6.60. The van der Waals surface area contributed by atoms with Gasteiger partial charge in [-0.3, -0.25) is 0 Å². The largest absolute Gasteiger partial charge is 0.315 e. The van der Waals surface area contributed by atoms with E-state index in [-0.39, 0.29) is 0 Å². The zero-order valence-electron chi connectivity index (χ0n) is 10.3. The van der Waals surface area contributed by atoms with Crippen molar-refractivity contribution in [2.45, 2.75) is 52.0 Å². The average Bonchev–Trinajstić information content (AvgIpc) is 2.91. The first-order valence-corrected chi connectivity index (χ1v) is 6.60. The molecule has 0 aromatic carbocycles. The molecule has 88 valence electrons. The predicted octanol–water partition coefficient (Wildman–Crippen LogP) is 2.15. The van der Waals surface area contributed by atoms with Crippen molar-refractivity contribution in [1.82, 2.24) is 10.6 Å². The van der Waals surface area contributed by atoms with E-state index >= 15 is 0 Å². The van der Waals surface area contributed by atoms with Gasteiger partial charge in [0.1, 0.15) is 0 Å². The summed E-state index contributed by atoms with van der Waals surface area (Å²) < 4.78 is 0. The molecule has 0 amide bonds. The van der Waals surface area contributed by atoms with Gasteiger partial charge in [-0.05, 0) is 50.0 Å². The summed E-state index contributed by atoms with van der Waals surface area (Å²) >= 11 is 0. The standard InChI is InChI=1S/C13H26N2/c1-13(2)6-5-12(9-13)15-8-7-14-10-11-3-4-11/h11-12,14-15H,3-10H2,1-2H3. The number of hydrogen-bond donors (Lipinski definition) is 2. The second-order valence-corrected chi connectivity index (χ2v) is 6.21. The molecule has 2 saturated carbocycles. The van der Waals surface area contributed by atoms with Crippen molar-refractivity contribution in [3.8, 4) is 0 Å². The van der Waals surface area contributed by atoms with Crippen LogP contribution in [0.25, 0.3) is 0 Å². The lowest BCUT2D eigenvalue weighted by Crippen LogP contribution is -2.34. The van der Waals surface area contributed by atoms with E-state index < -0.39 is 0 Å². The molecule has 0 aromatic heterocycles. The molecule has 1 atom stereocenters. The normalized spacial score (nSPS) is 29.6. The molecule has 0 bridgehead atoms. The van der Waals surface area contributed by atoms with Gasteiger partial charge in [-0.15, -0.1) is 0 Å². The Labute approximate surface area is 94.2 Å². The summed E-state index contributed by atoms with van der Waals surface area (Å²) in [6.07, 6.45) is 7.03. The summed E-state index contributed by atoms with van der Waals surface area (Å²) in [6, 6.07) is 0.780. The molecule has 0 radical (unpaired) electrons. The minimum Gasteiger partial charge on any atom is -0.315 e. The van der Waals surface area contributed by atoms with E-state index in [0.29, 0.717) is 5.41 Å². The van der Waals surface area contributed by atoms with E-state index in [0.717, 1.165) is 25.0 Å². The summed E-state index contributed by atoms with van der Waals surface area (Å²) in [5.74, 6) is 1.01. The van der Waals surface area contributed by atoms with Crippen molar-refractivity contribution >= 4 is 0 Å². The van der Waals surface area contributed by atoms with Crippen LogP contribution < -0.4 is 10.6 Å². The Kier molecular flexibility index (Phi) is 3.68. The molecule has 2 aliphatic carbocycles. The van der Waals surface area contributed by atoms with Crippen molar-refractivity contribution in [3.63, 3.8) is 0 Å². The van der Waals surface area contributed by atoms with Crippen molar-refractivity contribution in [2.75, 3.05) is 19.6 Å². The van der Waals surface area contributed by atoms with Crippen LogP contribution in [0.5, 0.6) is 0 Å². The maximum absolute atomic E-state index is 3.67. The minimum absolute atomic E-state index is 0.582. The Bertz CT molecular complexity index is 197. The number of hydrogen-bond acceptors (Lipinski definition) is 2. The molecule has 2 heteroatoms. The molecule has 2 aliphatic rings. The van der Waals surface area contributed by atoms with Gasteiger partial charge in [0, 0.05) is 19.1 Å². The molecule has 0 spiro atoms. The van der Waals surface area contributed by atoms with Crippen LogP contribution in [-0.4, -0.2) is 25.7 Å². The molecule has 2 nitrogen and oxygen atoms in total. The molecular weight excluding hydrogens is 184 g/mol. The molecule has 0 saturated heterocycles. The fourth-order valence-corrected chi connectivity index (χ4v) is 2.60. The van der Waals surface area contributed by atoms with Crippen LogP contribution in [-0.2, 0) is 0 Å². The lowest BCUT2D eigenvalue weighted by atomic mass is 9.92. The summed E-state index contributed by atoms with van der Waals surface area (Å²) in [7, 11) is 0. The van der Waals surface area contributed by atoms with Gasteiger partial charge in [0.15, 0.2) is 0 Å². The Morgan fingerprint density at radius 3 is 2.53 bits per heavy atom. The van der Waals surface area contributed by atoms with E-state index in [1.54, 1.807) is 0 Å². The molecule has 2 fully saturated rings. The predicted molar refractivity (Wildman–Crippen MR) is 65.0 cm³/mol. The first-order chi connectivity index (χ1) is 7.16. The fraction of sp³-hybridized carbons (Fsp3) is 1.00. The zero-order chi connectivity index (χ0) is 10.7. The number of nitrogens with one attached hydrogen (secondary N) is 2. The maximum atomic E-state index is 3.67. The fourth-order valence-electron chi connectivity index (χ4n) is 2.60. The molecule has 0 heterocycles. The molecule has 2 rings (SSSR count). The Morgan fingerprint density at radius 2 is 1.93 bits per heavy atom. The Morgan fingerprint density at radius 1 is 1.13 bits per heavy atom. The van der Waals surface area contributed by atoms with Crippen LogP contribution in [0.15, 0.2) is 0 Å². The molecule has 0 aliphatic heterocycles. The minimum atomic E-state index is 0.582. The van der Waals surface area contributed by atoms with E-state index in [4.69, 9.17) is 0 Å². The third kappa shape index (κ3) is 4.12. The van der Waals surface area contributed by atoms with Crippen LogP contribution in [0.2, 0.25) is 0 Å². The van der Waals surface area contributed by atoms with Gasteiger partial charge in [0.25, 0.3) is 0 Å². The van der Waals surface area contributed by atoms with Gasteiger partial charge in [0.2, 0.25) is 0 Å². The molecular formula is C13H26N2. The van der Waals surface area contributed by atoms with Gasteiger partial charge in [-0.2, -0.15) is 0 Å². The SMILES string of the molecule is CC1(C)CCC(NCCNCC2CC2)C1. The topological polar surface area (TPSA) is 24.1 Å². The third-order valence-corrected chi connectivity index (χ3v) is 3.83. The average molecular weight is 210 g/mol. The van der Waals surface area contributed by atoms with E-state index in [1.165, 1.54) is 38.6 Å². The smallest absolute Gasteiger partial charge is 0.00793 e. The van der Waals surface area contributed by atoms with Crippen LogP contribution in [0.3, 0.4) is 0 Å². The second-order valence-electron chi connectivity index (χ2n) is 6.21. The summed E-state index contributed by atoms with van der Waals surface area (Å²) in [4.78, 5) is 0. The lowest BCUT2D eigenvalue weighted by molar-refractivity contribution is 0.364. The summed E-state index contributed by atoms with van der Waals surface area (Å²) in [5.41, 5.74) is 0.582. The number of rotatable bonds is 6. The van der Waals surface area contributed by atoms with Crippen LogP contribution in [0.4, 0.5) is 0 Å². The van der Waals surface area contributed by atoms with Gasteiger partial charge in [0.05, 0.1) is 0 Å². The molecule has 2 N–H and O–H groups in total. The first kappa shape index (κ1) is 11.4. The van der Waals surface area contributed by atoms with Crippen molar-refractivity contribution in [1.29, 1.82) is 0 Å². The summed E-state index contributed by atoms with van der Waals surface area (Å²) in [5, 5.41) is 7.20. The quantitative estimate of drug-likeness (QED) is 0.656. The van der Waals surface area contributed by atoms with Gasteiger partial charge in [-0.25, -0.2) is 0 Å². The van der Waals surface area contributed by atoms with Gasteiger partial charge in [-0.1, -0.05) is 13.8 Å². The highest BCUT2D eigenvalue weighted by atomic mass is 15.0.